The Morgan fingerprint density at radius 3 is 2.87 bits per heavy atom. The Labute approximate surface area is 191 Å². The van der Waals surface area contributed by atoms with E-state index in [0.717, 1.165) is 11.8 Å². The third-order valence-corrected chi connectivity index (χ3v) is 6.19. The average molecular weight is 482 g/mol. The van der Waals surface area contributed by atoms with E-state index in [1.807, 2.05) is 0 Å². The number of thioether (sulfide) groups is 1. The van der Waals surface area contributed by atoms with Crippen molar-refractivity contribution < 1.29 is 19.1 Å². The summed E-state index contributed by atoms with van der Waals surface area (Å²) in [4.78, 5) is 41.9. The average Bonchev–Trinajstić information content (AvgIpc) is 3.20. The van der Waals surface area contributed by atoms with Crippen LogP contribution < -0.4 is 10.9 Å². The molecule has 2 heterocycles. The topological polar surface area (TPSA) is 99.5 Å². The molecule has 2 aromatic heterocycles. The predicted octanol–water partition coefficient (Wildman–Crippen LogP) is 3.67. The summed E-state index contributed by atoms with van der Waals surface area (Å²) in [7, 11) is 1.54. The van der Waals surface area contributed by atoms with Crippen molar-refractivity contribution in [2.75, 3.05) is 31.4 Å². The molecule has 0 unspecified atom stereocenters. The highest BCUT2D eigenvalue weighted by Gasteiger charge is 2.18. The third kappa shape index (κ3) is 5.65. The molecule has 0 bridgehead atoms. The van der Waals surface area contributed by atoms with Crippen LogP contribution in [0.4, 0.5) is 5.00 Å². The second-order valence-corrected chi connectivity index (χ2v) is 8.52. The van der Waals surface area contributed by atoms with Crippen LogP contribution in [0.1, 0.15) is 17.3 Å². The van der Waals surface area contributed by atoms with E-state index in [0.29, 0.717) is 44.8 Å². The van der Waals surface area contributed by atoms with Crippen LogP contribution in [0.2, 0.25) is 5.02 Å². The summed E-state index contributed by atoms with van der Waals surface area (Å²) in [6.45, 7) is 2.57. The van der Waals surface area contributed by atoms with Crippen LogP contribution in [0, 0.1) is 0 Å². The second-order valence-electron chi connectivity index (χ2n) is 6.23. The van der Waals surface area contributed by atoms with Crippen molar-refractivity contribution in [3.63, 3.8) is 0 Å². The summed E-state index contributed by atoms with van der Waals surface area (Å²) in [5.41, 5.74) is 0.530. The number of esters is 1. The Kier molecular flexibility index (Phi) is 8.08. The van der Waals surface area contributed by atoms with Gasteiger partial charge in [0, 0.05) is 12.1 Å². The quantitative estimate of drug-likeness (QED) is 0.283. The molecule has 1 aromatic carbocycles. The fraction of sp³-hybridized carbons (Fsp3) is 0.300. The zero-order chi connectivity index (χ0) is 22.4. The van der Waals surface area contributed by atoms with Gasteiger partial charge in [-0.05, 0) is 36.6 Å². The Morgan fingerprint density at radius 2 is 2.13 bits per heavy atom. The number of methoxy groups -OCH3 is 1. The number of nitrogens with one attached hydrogen (secondary N) is 1. The fourth-order valence-electron chi connectivity index (χ4n) is 2.73. The Bertz CT molecular complexity index is 1160. The van der Waals surface area contributed by atoms with E-state index in [2.05, 4.69) is 10.3 Å². The summed E-state index contributed by atoms with van der Waals surface area (Å²) in [6.07, 6.45) is 0. The molecule has 0 radical (unpaired) electrons. The standard InChI is InChI=1S/C20H20ClN3O5S2/c1-3-29-19(27)14-6-9-30-17(14)23-16(25)11-31-20-22-15-10-12(21)4-5-13(15)18(26)24(20)7-8-28-2/h4-6,9-10H,3,7-8,11H2,1-2H3,(H,23,25). The SMILES string of the molecule is CCOC(=O)c1ccsc1NC(=O)CSc1nc2cc(Cl)ccc2c(=O)n1CCOC. The van der Waals surface area contributed by atoms with Crippen LogP contribution in [0.5, 0.6) is 0 Å². The van der Waals surface area contributed by atoms with Gasteiger partial charge in [0.15, 0.2) is 5.16 Å². The number of nitrogens with zero attached hydrogens (tertiary/aromatic N) is 2. The van der Waals surface area contributed by atoms with E-state index in [4.69, 9.17) is 21.1 Å². The van der Waals surface area contributed by atoms with Crippen LogP contribution >= 0.6 is 34.7 Å². The first-order valence-electron chi connectivity index (χ1n) is 9.31. The zero-order valence-electron chi connectivity index (χ0n) is 16.8. The van der Waals surface area contributed by atoms with Gasteiger partial charge in [-0.1, -0.05) is 23.4 Å². The summed E-state index contributed by atoms with van der Waals surface area (Å²) >= 11 is 8.39. The van der Waals surface area contributed by atoms with Gasteiger partial charge in [0.05, 0.1) is 42.0 Å². The van der Waals surface area contributed by atoms with Crippen molar-refractivity contribution in [3.8, 4) is 0 Å². The monoisotopic (exact) mass is 481 g/mol. The first-order chi connectivity index (χ1) is 14.9. The normalized spacial score (nSPS) is 10.9. The highest BCUT2D eigenvalue weighted by Crippen LogP contribution is 2.25. The molecule has 0 fully saturated rings. The number of rotatable bonds is 9. The van der Waals surface area contributed by atoms with Crippen LogP contribution in [0.3, 0.4) is 0 Å². The molecule has 0 saturated carbocycles. The Hall–Kier alpha value is -2.40. The van der Waals surface area contributed by atoms with E-state index >= 15 is 0 Å². The Morgan fingerprint density at radius 1 is 1.32 bits per heavy atom. The fourth-order valence-corrected chi connectivity index (χ4v) is 4.52. The summed E-state index contributed by atoms with van der Waals surface area (Å²) in [5.74, 6) is -0.837. The summed E-state index contributed by atoms with van der Waals surface area (Å²) < 4.78 is 11.6. The van der Waals surface area contributed by atoms with Crippen molar-refractivity contribution in [2.24, 2.45) is 0 Å². The summed E-state index contributed by atoms with van der Waals surface area (Å²) in [5, 5.41) is 6.12. The third-order valence-electron chi connectivity index (χ3n) is 4.15. The van der Waals surface area contributed by atoms with Gasteiger partial charge in [0.2, 0.25) is 5.91 Å². The van der Waals surface area contributed by atoms with Gasteiger partial charge in [-0.25, -0.2) is 9.78 Å². The van der Waals surface area contributed by atoms with Gasteiger partial charge in [0.1, 0.15) is 5.00 Å². The minimum Gasteiger partial charge on any atom is -0.462 e. The van der Waals surface area contributed by atoms with Gasteiger partial charge in [-0.15, -0.1) is 11.3 Å². The number of carbonyl (C=O) groups is 2. The number of hydrogen-bond acceptors (Lipinski definition) is 8. The minimum atomic E-state index is -0.492. The van der Waals surface area contributed by atoms with Gasteiger partial charge in [-0.2, -0.15) is 0 Å². The van der Waals surface area contributed by atoms with Crippen LogP contribution in [-0.2, 0) is 20.8 Å². The van der Waals surface area contributed by atoms with Crippen molar-refractivity contribution in [1.82, 2.24) is 9.55 Å². The maximum atomic E-state index is 12.9. The second kappa shape index (κ2) is 10.8. The lowest BCUT2D eigenvalue weighted by Gasteiger charge is -2.13. The van der Waals surface area contributed by atoms with Crippen molar-refractivity contribution in [3.05, 3.63) is 50.6 Å². The molecule has 164 valence electrons. The van der Waals surface area contributed by atoms with Crippen LogP contribution in [0.25, 0.3) is 10.9 Å². The molecule has 31 heavy (non-hydrogen) atoms. The Balaban J connectivity index is 1.80. The first-order valence-corrected chi connectivity index (χ1v) is 11.5. The number of aromatic nitrogens is 2. The molecule has 3 rings (SSSR count). The number of carbonyl (C=O) groups excluding carboxylic acids is 2. The van der Waals surface area contributed by atoms with E-state index in [1.165, 1.54) is 15.9 Å². The molecule has 8 nitrogen and oxygen atoms in total. The largest absolute Gasteiger partial charge is 0.462 e. The number of amides is 1. The molecule has 1 amide bonds. The lowest BCUT2D eigenvalue weighted by molar-refractivity contribution is -0.113. The number of anilines is 1. The molecular weight excluding hydrogens is 462 g/mol. The molecule has 0 aliphatic carbocycles. The van der Waals surface area contributed by atoms with Gasteiger partial charge < -0.3 is 14.8 Å². The number of fused-ring (bicyclic) bond motifs is 1. The predicted molar refractivity (Wildman–Crippen MR) is 123 cm³/mol. The molecule has 0 aliphatic rings. The summed E-state index contributed by atoms with van der Waals surface area (Å²) in [6, 6.07) is 6.48. The van der Waals surface area contributed by atoms with Crippen molar-refractivity contribution >= 4 is 62.5 Å². The molecular formula is C20H20ClN3O5S2. The molecule has 0 spiro atoms. The molecule has 3 aromatic rings. The molecule has 1 N–H and O–H groups in total. The maximum Gasteiger partial charge on any atom is 0.341 e. The number of hydrogen-bond donors (Lipinski definition) is 1. The molecule has 0 aliphatic heterocycles. The number of ether oxygens (including phenoxy) is 2. The molecule has 11 heteroatoms. The maximum absolute atomic E-state index is 12.9. The molecule has 0 atom stereocenters. The zero-order valence-corrected chi connectivity index (χ0v) is 19.2. The lowest BCUT2D eigenvalue weighted by Crippen LogP contribution is -2.26. The van der Waals surface area contributed by atoms with E-state index in [-0.39, 0.29) is 23.8 Å². The van der Waals surface area contributed by atoms with Crippen LogP contribution in [-0.4, -0.2) is 47.5 Å². The minimum absolute atomic E-state index is 0.00827. The smallest absolute Gasteiger partial charge is 0.341 e. The van der Waals surface area contributed by atoms with Crippen molar-refractivity contribution in [1.29, 1.82) is 0 Å². The highest BCUT2D eigenvalue weighted by atomic mass is 35.5. The lowest BCUT2D eigenvalue weighted by atomic mass is 10.2. The first kappa shape index (κ1) is 23.3. The van der Waals surface area contributed by atoms with Crippen LogP contribution in [0.15, 0.2) is 39.6 Å². The highest BCUT2D eigenvalue weighted by molar-refractivity contribution is 7.99. The van der Waals surface area contributed by atoms with E-state index in [9.17, 15) is 14.4 Å². The van der Waals surface area contributed by atoms with Gasteiger partial charge in [-0.3, -0.25) is 14.2 Å². The van der Waals surface area contributed by atoms with Crippen molar-refractivity contribution in [2.45, 2.75) is 18.6 Å². The van der Waals surface area contributed by atoms with Gasteiger partial charge >= 0.3 is 5.97 Å². The van der Waals surface area contributed by atoms with E-state index in [1.54, 1.807) is 43.7 Å². The molecule has 0 saturated heterocycles. The number of halogens is 1. The number of thiophene rings is 1. The number of benzene rings is 1. The van der Waals surface area contributed by atoms with Gasteiger partial charge in [0.25, 0.3) is 5.56 Å². The van der Waals surface area contributed by atoms with E-state index < -0.39 is 5.97 Å².